The maximum Gasteiger partial charge on any atom is 0.262 e. The van der Waals surface area contributed by atoms with Crippen LogP contribution in [0.4, 0.5) is 5.69 Å². The van der Waals surface area contributed by atoms with Gasteiger partial charge in [0.1, 0.15) is 5.75 Å². The normalized spacial score (nSPS) is 10.1. The van der Waals surface area contributed by atoms with E-state index in [0.29, 0.717) is 29.5 Å². The van der Waals surface area contributed by atoms with Crippen molar-refractivity contribution in [3.8, 4) is 17.2 Å². The maximum absolute atomic E-state index is 12.1. The number of anilines is 1. The summed E-state index contributed by atoms with van der Waals surface area (Å²) in [6.07, 6.45) is 0.755. The van der Waals surface area contributed by atoms with Crippen LogP contribution in [-0.2, 0) is 11.2 Å². The molecular weight excluding hydrogens is 308 g/mol. The van der Waals surface area contributed by atoms with Crippen LogP contribution in [0.1, 0.15) is 5.56 Å². The van der Waals surface area contributed by atoms with E-state index in [-0.39, 0.29) is 12.5 Å². The Bertz CT molecular complexity index is 688. The van der Waals surface area contributed by atoms with Crippen LogP contribution in [0.2, 0.25) is 0 Å². The summed E-state index contributed by atoms with van der Waals surface area (Å²) in [5.41, 5.74) is 7.20. The molecule has 2 aromatic carbocycles. The number of hydrogen-bond acceptors (Lipinski definition) is 5. The Labute approximate surface area is 141 Å². The van der Waals surface area contributed by atoms with E-state index in [2.05, 4.69) is 5.32 Å². The van der Waals surface area contributed by atoms with E-state index in [1.807, 2.05) is 24.3 Å². The lowest BCUT2D eigenvalue weighted by molar-refractivity contribution is -0.118. The summed E-state index contributed by atoms with van der Waals surface area (Å²) in [6, 6.07) is 12.7. The highest BCUT2D eigenvalue weighted by Crippen LogP contribution is 2.28. The summed E-state index contributed by atoms with van der Waals surface area (Å²) in [7, 11) is 3.11. The van der Waals surface area contributed by atoms with E-state index in [4.69, 9.17) is 19.9 Å². The van der Waals surface area contributed by atoms with Gasteiger partial charge in [0, 0.05) is 0 Å². The molecule has 0 atom stereocenters. The van der Waals surface area contributed by atoms with Crippen molar-refractivity contribution >= 4 is 11.6 Å². The number of nitrogens with one attached hydrogen (secondary N) is 1. The van der Waals surface area contributed by atoms with Gasteiger partial charge in [0.25, 0.3) is 5.91 Å². The molecule has 6 nitrogen and oxygen atoms in total. The summed E-state index contributed by atoms with van der Waals surface area (Å²) in [5, 5.41) is 2.75. The van der Waals surface area contributed by atoms with E-state index in [1.165, 1.54) is 0 Å². The Morgan fingerprint density at radius 1 is 1.04 bits per heavy atom. The first-order chi connectivity index (χ1) is 11.7. The van der Waals surface area contributed by atoms with Gasteiger partial charge >= 0.3 is 0 Å². The summed E-state index contributed by atoms with van der Waals surface area (Å²) in [4.78, 5) is 12.1. The van der Waals surface area contributed by atoms with Gasteiger partial charge in [-0.05, 0) is 42.8 Å². The summed E-state index contributed by atoms with van der Waals surface area (Å²) in [6.45, 7) is 0.426. The van der Waals surface area contributed by atoms with Crippen molar-refractivity contribution < 1.29 is 19.0 Å². The second kappa shape index (κ2) is 8.79. The lowest BCUT2D eigenvalue weighted by Gasteiger charge is -2.13. The number of rotatable bonds is 8. The number of amides is 1. The largest absolute Gasteiger partial charge is 0.495 e. The highest BCUT2D eigenvalue weighted by atomic mass is 16.5. The Kier molecular flexibility index (Phi) is 6.45. The predicted molar refractivity (Wildman–Crippen MR) is 92.9 cm³/mol. The van der Waals surface area contributed by atoms with E-state index in [1.54, 1.807) is 32.4 Å². The average Bonchev–Trinajstić information content (AvgIpc) is 2.61. The molecular formula is C18H22N2O4. The molecule has 24 heavy (non-hydrogen) atoms. The number of para-hydroxylation sites is 2. The van der Waals surface area contributed by atoms with Gasteiger partial charge in [0.2, 0.25) is 0 Å². The fraction of sp³-hybridized carbons (Fsp3) is 0.278. The van der Waals surface area contributed by atoms with Crippen LogP contribution >= 0.6 is 0 Å². The number of ether oxygens (including phenoxy) is 3. The third-order valence-corrected chi connectivity index (χ3v) is 3.40. The van der Waals surface area contributed by atoms with Crippen molar-refractivity contribution in [2.75, 3.05) is 32.7 Å². The highest BCUT2D eigenvalue weighted by molar-refractivity contribution is 5.93. The Balaban J connectivity index is 1.98. The summed E-state index contributed by atoms with van der Waals surface area (Å²) >= 11 is 0. The zero-order chi connectivity index (χ0) is 17.4. The van der Waals surface area contributed by atoms with Gasteiger partial charge in [-0.1, -0.05) is 18.2 Å². The lowest BCUT2D eigenvalue weighted by Crippen LogP contribution is -2.20. The highest BCUT2D eigenvalue weighted by Gasteiger charge is 2.10. The second-order valence-electron chi connectivity index (χ2n) is 5.06. The molecule has 0 saturated carbocycles. The number of carbonyl (C=O) groups is 1. The molecule has 128 valence electrons. The summed E-state index contributed by atoms with van der Waals surface area (Å²) < 4.78 is 16.1. The van der Waals surface area contributed by atoms with Crippen LogP contribution in [0, 0.1) is 0 Å². The smallest absolute Gasteiger partial charge is 0.262 e. The van der Waals surface area contributed by atoms with Crippen molar-refractivity contribution in [3.05, 3.63) is 48.0 Å². The molecule has 0 spiro atoms. The minimum Gasteiger partial charge on any atom is -0.495 e. The predicted octanol–water partition coefficient (Wildman–Crippen LogP) is 2.22. The van der Waals surface area contributed by atoms with E-state index >= 15 is 0 Å². The van der Waals surface area contributed by atoms with Gasteiger partial charge in [-0.25, -0.2) is 0 Å². The molecule has 0 aromatic heterocycles. The van der Waals surface area contributed by atoms with Crippen LogP contribution in [0.25, 0.3) is 0 Å². The van der Waals surface area contributed by atoms with Gasteiger partial charge < -0.3 is 25.3 Å². The van der Waals surface area contributed by atoms with Crippen molar-refractivity contribution in [2.45, 2.75) is 6.42 Å². The van der Waals surface area contributed by atoms with Crippen molar-refractivity contribution in [2.24, 2.45) is 5.73 Å². The van der Waals surface area contributed by atoms with Gasteiger partial charge in [0.05, 0.1) is 19.9 Å². The lowest BCUT2D eigenvalue weighted by atomic mass is 10.1. The molecule has 2 rings (SSSR count). The molecule has 0 aliphatic rings. The van der Waals surface area contributed by atoms with Gasteiger partial charge in [-0.2, -0.15) is 0 Å². The minimum atomic E-state index is -0.285. The first kappa shape index (κ1) is 17.6. The molecule has 0 heterocycles. The Morgan fingerprint density at radius 2 is 1.79 bits per heavy atom. The van der Waals surface area contributed by atoms with E-state index in [9.17, 15) is 4.79 Å². The SMILES string of the molecule is COc1ccccc1NC(=O)COc1ccc(CCN)cc1OC. The molecule has 6 heteroatoms. The monoisotopic (exact) mass is 330 g/mol. The minimum absolute atomic E-state index is 0.134. The molecule has 0 radical (unpaired) electrons. The molecule has 1 amide bonds. The third-order valence-electron chi connectivity index (χ3n) is 3.40. The molecule has 0 unspecified atom stereocenters. The van der Waals surface area contributed by atoms with E-state index < -0.39 is 0 Å². The quantitative estimate of drug-likeness (QED) is 0.775. The Morgan fingerprint density at radius 3 is 2.50 bits per heavy atom. The zero-order valence-corrected chi connectivity index (χ0v) is 13.9. The van der Waals surface area contributed by atoms with Crippen LogP contribution in [0.15, 0.2) is 42.5 Å². The van der Waals surface area contributed by atoms with Gasteiger partial charge in [-0.3, -0.25) is 4.79 Å². The van der Waals surface area contributed by atoms with Crippen molar-refractivity contribution in [3.63, 3.8) is 0 Å². The summed E-state index contributed by atoms with van der Waals surface area (Å²) in [5.74, 6) is 1.39. The van der Waals surface area contributed by atoms with Crippen LogP contribution in [0.5, 0.6) is 17.2 Å². The molecule has 2 aromatic rings. The fourth-order valence-electron chi connectivity index (χ4n) is 2.23. The van der Waals surface area contributed by atoms with Crippen molar-refractivity contribution in [1.82, 2.24) is 0 Å². The number of nitrogens with two attached hydrogens (primary N) is 1. The van der Waals surface area contributed by atoms with Crippen LogP contribution in [-0.4, -0.2) is 33.3 Å². The first-order valence-electron chi connectivity index (χ1n) is 7.60. The average molecular weight is 330 g/mol. The number of methoxy groups -OCH3 is 2. The van der Waals surface area contributed by atoms with Crippen LogP contribution in [0.3, 0.4) is 0 Å². The molecule has 0 aliphatic carbocycles. The first-order valence-corrected chi connectivity index (χ1v) is 7.60. The maximum atomic E-state index is 12.1. The van der Waals surface area contributed by atoms with Crippen molar-refractivity contribution in [1.29, 1.82) is 0 Å². The molecule has 0 aliphatic heterocycles. The third kappa shape index (κ3) is 4.63. The molecule has 0 bridgehead atoms. The molecule has 3 N–H and O–H groups in total. The second-order valence-corrected chi connectivity index (χ2v) is 5.06. The number of benzene rings is 2. The topological polar surface area (TPSA) is 82.8 Å². The fourth-order valence-corrected chi connectivity index (χ4v) is 2.23. The van der Waals surface area contributed by atoms with Crippen LogP contribution < -0.4 is 25.3 Å². The van der Waals surface area contributed by atoms with Gasteiger partial charge in [-0.15, -0.1) is 0 Å². The molecule has 0 fully saturated rings. The zero-order valence-electron chi connectivity index (χ0n) is 13.9. The Hall–Kier alpha value is -2.73. The standard InChI is InChI=1S/C18H22N2O4/c1-22-15-6-4-3-5-14(15)20-18(21)12-24-16-8-7-13(9-10-19)11-17(16)23-2/h3-8,11H,9-10,12,19H2,1-2H3,(H,20,21). The van der Waals surface area contributed by atoms with Gasteiger partial charge in [0.15, 0.2) is 18.1 Å². The number of hydrogen-bond donors (Lipinski definition) is 2. The molecule has 0 saturated heterocycles. The van der Waals surface area contributed by atoms with E-state index in [0.717, 1.165) is 12.0 Å². The number of carbonyl (C=O) groups excluding carboxylic acids is 1.